The van der Waals surface area contributed by atoms with E-state index in [4.69, 9.17) is 16.3 Å². The Bertz CT molecular complexity index is 540. The zero-order chi connectivity index (χ0) is 11.1. The second-order valence-electron chi connectivity index (χ2n) is 3.58. The first-order valence-electron chi connectivity index (χ1n) is 4.86. The third kappa shape index (κ3) is 1.57. The minimum absolute atomic E-state index is 0.476. The number of rotatable bonds is 2. The van der Waals surface area contributed by atoms with Crippen LogP contribution >= 0.6 is 23.4 Å². The maximum Gasteiger partial charge on any atom is 0.254 e. The van der Waals surface area contributed by atoms with Crippen LogP contribution in [0.4, 0.5) is 0 Å². The van der Waals surface area contributed by atoms with Crippen LogP contribution in [0.3, 0.4) is 0 Å². The second kappa shape index (κ2) is 3.87. The average Bonchev–Trinajstić information content (AvgIpc) is 2.63. The van der Waals surface area contributed by atoms with Gasteiger partial charge in [-0.1, -0.05) is 23.4 Å². The molecular weight excluding hydrogens is 248 g/mol. The zero-order valence-corrected chi connectivity index (χ0v) is 10.1. The highest BCUT2D eigenvalue weighted by Gasteiger charge is 2.23. The Morgan fingerprint density at radius 3 is 3.06 bits per heavy atom. The first-order valence-corrected chi connectivity index (χ1v) is 6.11. The van der Waals surface area contributed by atoms with Gasteiger partial charge in [0.05, 0.1) is 18.5 Å². The summed E-state index contributed by atoms with van der Waals surface area (Å²) < 4.78 is 6.88. The standard InChI is InChI=1S/C9H9ClN4OS/c1-5-7(10)13-9-11-4-12-14(9)8(5)16-6-2-15-3-6/h4,6H,2-3H2,1H3. The summed E-state index contributed by atoms with van der Waals surface area (Å²) in [5, 5.41) is 6.12. The third-order valence-corrected chi connectivity index (χ3v) is 4.11. The number of halogens is 1. The predicted molar refractivity (Wildman–Crippen MR) is 61.0 cm³/mol. The molecule has 0 N–H and O–H groups in total. The molecule has 0 spiro atoms. The van der Waals surface area contributed by atoms with Gasteiger partial charge in [0.15, 0.2) is 0 Å². The number of nitrogens with zero attached hydrogens (tertiary/aromatic N) is 4. The Morgan fingerprint density at radius 2 is 2.38 bits per heavy atom. The molecule has 1 aliphatic rings. The summed E-state index contributed by atoms with van der Waals surface area (Å²) in [6, 6.07) is 0. The molecule has 3 rings (SSSR count). The Kier molecular flexibility index (Phi) is 2.49. The van der Waals surface area contributed by atoms with Crippen molar-refractivity contribution in [1.29, 1.82) is 0 Å². The van der Waals surface area contributed by atoms with Crippen molar-refractivity contribution >= 4 is 29.1 Å². The van der Waals surface area contributed by atoms with Crippen LogP contribution in [0.5, 0.6) is 0 Å². The van der Waals surface area contributed by atoms with E-state index in [0.717, 1.165) is 23.8 Å². The van der Waals surface area contributed by atoms with Crippen LogP contribution in [0.2, 0.25) is 5.15 Å². The van der Waals surface area contributed by atoms with Gasteiger partial charge < -0.3 is 4.74 Å². The largest absolute Gasteiger partial charge is 0.379 e. The fourth-order valence-electron chi connectivity index (χ4n) is 1.45. The van der Waals surface area contributed by atoms with E-state index < -0.39 is 0 Å². The van der Waals surface area contributed by atoms with Gasteiger partial charge in [-0.2, -0.15) is 19.6 Å². The fraction of sp³-hybridized carbons (Fsp3) is 0.444. The lowest BCUT2D eigenvalue weighted by molar-refractivity contribution is 0.0454. The van der Waals surface area contributed by atoms with Crippen LogP contribution in [0, 0.1) is 6.92 Å². The van der Waals surface area contributed by atoms with Crippen molar-refractivity contribution in [3.05, 3.63) is 17.0 Å². The first kappa shape index (κ1) is 10.3. The molecule has 0 atom stereocenters. The molecule has 16 heavy (non-hydrogen) atoms. The summed E-state index contributed by atoms with van der Waals surface area (Å²) >= 11 is 7.77. The summed E-state index contributed by atoms with van der Waals surface area (Å²) in [6.45, 7) is 3.50. The van der Waals surface area contributed by atoms with Crippen molar-refractivity contribution < 1.29 is 4.74 Å². The van der Waals surface area contributed by atoms with Crippen LogP contribution < -0.4 is 0 Å². The smallest absolute Gasteiger partial charge is 0.254 e. The maximum absolute atomic E-state index is 6.06. The first-order chi connectivity index (χ1) is 7.75. The zero-order valence-electron chi connectivity index (χ0n) is 8.55. The molecule has 0 aliphatic carbocycles. The van der Waals surface area contributed by atoms with Gasteiger partial charge in [-0.25, -0.2) is 0 Å². The molecule has 84 valence electrons. The molecule has 1 saturated heterocycles. The minimum atomic E-state index is 0.476. The molecule has 0 saturated carbocycles. The molecule has 2 aromatic rings. The molecule has 0 aromatic carbocycles. The number of hydrogen-bond donors (Lipinski definition) is 0. The molecule has 5 nitrogen and oxygen atoms in total. The highest BCUT2D eigenvalue weighted by molar-refractivity contribution is 8.00. The summed E-state index contributed by atoms with van der Waals surface area (Å²) in [5.74, 6) is 0.540. The third-order valence-electron chi connectivity index (χ3n) is 2.44. The van der Waals surface area contributed by atoms with E-state index in [0.29, 0.717) is 16.2 Å². The summed E-state index contributed by atoms with van der Waals surface area (Å²) in [6.07, 6.45) is 1.49. The fourth-order valence-corrected chi connectivity index (χ4v) is 2.82. The van der Waals surface area contributed by atoms with Gasteiger partial charge in [0.25, 0.3) is 5.78 Å². The number of aromatic nitrogens is 4. The van der Waals surface area contributed by atoms with Crippen molar-refractivity contribution in [2.75, 3.05) is 13.2 Å². The normalized spacial score (nSPS) is 16.6. The Morgan fingerprint density at radius 1 is 1.56 bits per heavy atom. The van der Waals surface area contributed by atoms with E-state index >= 15 is 0 Å². The maximum atomic E-state index is 6.06. The average molecular weight is 257 g/mol. The molecule has 1 fully saturated rings. The van der Waals surface area contributed by atoms with Gasteiger partial charge in [-0.3, -0.25) is 0 Å². The lowest BCUT2D eigenvalue weighted by atomic mass is 10.4. The monoisotopic (exact) mass is 256 g/mol. The molecule has 0 radical (unpaired) electrons. The van der Waals surface area contributed by atoms with E-state index in [1.54, 1.807) is 16.3 Å². The van der Waals surface area contributed by atoms with Gasteiger partial charge >= 0.3 is 0 Å². The Labute approximate surface area is 101 Å². The number of ether oxygens (including phenoxy) is 1. The number of fused-ring (bicyclic) bond motifs is 1. The van der Waals surface area contributed by atoms with Crippen LogP contribution in [0.15, 0.2) is 11.4 Å². The van der Waals surface area contributed by atoms with Crippen LogP contribution in [0.1, 0.15) is 5.56 Å². The lowest BCUT2D eigenvalue weighted by Gasteiger charge is -2.25. The molecule has 3 heterocycles. The predicted octanol–water partition coefficient (Wildman–Crippen LogP) is 1.58. The molecule has 2 aromatic heterocycles. The van der Waals surface area contributed by atoms with E-state index in [9.17, 15) is 0 Å². The van der Waals surface area contributed by atoms with E-state index in [1.807, 2.05) is 6.92 Å². The molecule has 0 bridgehead atoms. The highest BCUT2D eigenvalue weighted by atomic mass is 35.5. The van der Waals surface area contributed by atoms with Crippen molar-refractivity contribution in [3.8, 4) is 0 Å². The van der Waals surface area contributed by atoms with Gasteiger partial charge in [0.2, 0.25) is 0 Å². The Hall–Kier alpha value is -0.850. The van der Waals surface area contributed by atoms with E-state index in [-0.39, 0.29) is 0 Å². The summed E-state index contributed by atoms with van der Waals surface area (Å²) in [7, 11) is 0. The SMILES string of the molecule is Cc1c(Cl)nc2ncnn2c1SC1COC1. The van der Waals surface area contributed by atoms with E-state index in [2.05, 4.69) is 15.1 Å². The molecule has 7 heteroatoms. The van der Waals surface area contributed by atoms with E-state index in [1.165, 1.54) is 6.33 Å². The van der Waals surface area contributed by atoms with Crippen molar-refractivity contribution in [2.24, 2.45) is 0 Å². The molecular formula is C9H9ClN4OS. The van der Waals surface area contributed by atoms with Gasteiger partial charge in [-0.15, -0.1) is 0 Å². The molecule has 0 amide bonds. The topological polar surface area (TPSA) is 52.3 Å². The number of hydrogen-bond acceptors (Lipinski definition) is 5. The highest BCUT2D eigenvalue weighted by Crippen LogP contribution is 2.32. The van der Waals surface area contributed by atoms with Crippen LogP contribution in [0.25, 0.3) is 5.78 Å². The summed E-state index contributed by atoms with van der Waals surface area (Å²) in [4.78, 5) is 8.20. The number of thioether (sulfide) groups is 1. The molecule has 0 unspecified atom stereocenters. The van der Waals surface area contributed by atoms with Gasteiger partial charge in [0.1, 0.15) is 16.5 Å². The van der Waals surface area contributed by atoms with Crippen LogP contribution in [-0.4, -0.2) is 38.0 Å². The van der Waals surface area contributed by atoms with Crippen molar-refractivity contribution in [2.45, 2.75) is 17.2 Å². The lowest BCUT2D eigenvalue weighted by Crippen LogP contribution is -2.30. The summed E-state index contributed by atoms with van der Waals surface area (Å²) in [5.41, 5.74) is 0.941. The second-order valence-corrected chi connectivity index (χ2v) is 5.23. The quantitative estimate of drug-likeness (QED) is 0.764. The van der Waals surface area contributed by atoms with Gasteiger partial charge in [-0.05, 0) is 6.92 Å². The molecule has 1 aliphatic heterocycles. The van der Waals surface area contributed by atoms with Crippen molar-refractivity contribution in [1.82, 2.24) is 19.6 Å². The Balaban J connectivity index is 2.10. The van der Waals surface area contributed by atoms with Gasteiger partial charge in [0, 0.05) is 5.56 Å². The van der Waals surface area contributed by atoms with Crippen molar-refractivity contribution in [3.63, 3.8) is 0 Å². The van der Waals surface area contributed by atoms with Crippen LogP contribution in [-0.2, 0) is 4.74 Å². The minimum Gasteiger partial charge on any atom is -0.379 e.